The highest BCUT2D eigenvalue weighted by Crippen LogP contribution is 2.40. The number of aliphatic hydroxyl groups excluding tert-OH is 2. The smallest absolute Gasteiger partial charge is 0.192 e. The van der Waals surface area contributed by atoms with Crippen LogP contribution in [0.15, 0.2) is 60.7 Å². The first-order valence-electron chi connectivity index (χ1n) is 16.6. The molecule has 4 atom stereocenters. The molecule has 0 radical (unpaired) electrons. The zero-order valence-corrected chi connectivity index (χ0v) is 32.8. The molecule has 0 aliphatic carbocycles. The molecule has 0 bridgehead atoms. The van der Waals surface area contributed by atoms with Crippen molar-refractivity contribution >= 4 is 30.1 Å². The van der Waals surface area contributed by atoms with E-state index in [9.17, 15) is 10.2 Å². The molecule has 2 aliphatic rings. The van der Waals surface area contributed by atoms with Gasteiger partial charge in [-0.1, -0.05) is 102 Å². The minimum atomic E-state index is -1.78. The maximum Gasteiger partial charge on any atom is 0.192 e. The van der Waals surface area contributed by atoms with Crippen LogP contribution >= 0.6 is 13.5 Å². The Kier molecular flexibility index (Phi) is 15.1. The molecular weight excluding hydrogens is 613 g/mol. The summed E-state index contributed by atoms with van der Waals surface area (Å²) in [6, 6.07) is 21.2. The quantitative estimate of drug-likeness (QED) is 0.270. The number of benzene rings is 2. The van der Waals surface area contributed by atoms with Crippen molar-refractivity contribution in [1.82, 2.24) is 9.80 Å². The zero-order chi connectivity index (χ0) is 32.8. The Morgan fingerprint density at radius 1 is 0.689 bits per heavy atom. The van der Waals surface area contributed by atoms with E-state index in [1.807, 2.05) is 12.1 Å². The first kappa shape index (κ1) is 40.2. The Hall–Kier alpha value is -1.02. The molecule has 9 heteroatoms. The predicted octanol–water partition coefficient (Wildman–Crippen LogP) is 7.40. The summed E-state index contributed by atoms with van der Waals surface area (Å²) in [7, 11) is -3.52. The molecule has 0 unspecified atom stereocenters. The number of hydrogen-bond acceptors (Lipinski definition) is 6. The van der Waals surface area contributed by atoms with Crippen molar-refractivity contribution in [1.29, 1.82) is 0 Å². The standard InChI is InChI=1S/2C18H31NO2Si.H2S/c1-18(2,3)22(4,5)21-17-11-16(14-20)19(13-17)12-15-9-7-6-8-10-15;1-18(2,3)22(4,5)21-17-11-16(20)13-19(14-17)12-15-9-7-6-8-10-15;/h2*6-10,16-17,20H,11-14H2,1-5H3;1H2/t16-,17+;16-,17-;/m01./s1. The molecule has 2 saturated heterocycles. The summed E-state index contributed by atoms with van der Waals surface area (Å²) in [6.45, 7) is 27.4. The van der Waals surface area contributed by atoms with Gasteiger partial charge in [-0.15, -0.1) is 0 Å². The lowest BCUT2D eigenvalue weighted by Gasteiger charge is -2.43. The van der Waals surface area contributed by atoms with Crippen LogP contribution in [-0.4, -0.2) is 87.2 Å². The molecule has 6 nitrogen and oxygen atoms in total. The average molecular weight is 677 g/mol. The maximum atomic E-state index is 10.2. The molecule has 256 valence electrons. The van der Waals surface area contributed by atoms with Gasteiger partial charge in [0.2, 0.25) is 0 Å². The number of hydrogen-bond donors (Lipinski definition) is 2. The predicted molar refractivity (Wildman–Crippen MR) is 199 cm³/mol. The first-order valence-corrected chi connectivity index (χ1v) is 22.4. The first-order chi connectivity index (χ1) is 20.4. The van der Waals surface area contributed by atoms with Gasteiger partial charge in [0.1, 0.15) is 0 Å². The Morgan fingerprint density at radius 2 is 1.13 bits per heavy atom. The zero-order valence-electron chi connectivity index (χ0n) is 29.8. The minimum absolute atomic E-state index is 0. The summed E-state index contributed by atoms with van der Waals surface area (Å²) in [5.41, 5.74) is 2.59. The van der Waals surface area contributed by atoms with E-state index in [4.69, 9.17) is 8.85 Å². The lowest BCUT2D eigenvalue weighted by molar-refractivity contribution is -0.00567. The van der Waals surface area contributed by atoms with Crippen LogP contribution in [0.1, 0.15) is 65.5 Å². The van der Waals surface area contributed by atoms with E-state index < -0.39 is 16.6 Å². The lowest BCUT2D eigenvalue weighted by atomic mass is 10.0. The molecule has 0 aromatic heterocycles. The lowest BCUT2D eigenvalue weighted by Crippen LogP contribution is -2.52. The molecule has 0 amide bonds. The number of rotatable bonds is 9. The summed E-state index contributed by atoms with van der Waals surface area (Å²) in [5, 5.41) is 20.4. The van der Waals surface area contributed by atoms with Crippen molar-refractivity contribution in [3.05, 3.63) is 71.8 Å². The van der Waals surface area contributed by atoms with Crippen LogP contribution in [0.5, 0.6) is 0 Å². The minimum Gasteiger partial charge on any atom is -0.413 e. The van der Waals surface area contributed by atoms with Gasteiger partial charge >= 0.3 is 0 Å². The monoisotopic (exact) mass is 676 g/mol. The van der Waals surface area contributed by atoms with Crippen molar-refractivity contribution in [2.75, 3.05) is 26.2 Å². The molecule has 2 N–H and O–H groups in total. The molecule has 2 heterocycles. The van der Waals surface area contributed by atoms with Gasteiger partial charge in [0.05, 0.1) is 24.9 Å². The Morgan fingerprint density at radius 3 is 1.58 bits per heavy atom. The van der Waals surface area contributed by atoms with Crippen LogP contribution in [0.2, 0.25) is 36.3 Å². The van der Waals surface area contributed by atoms with Gasteiger partial charge in [0, 0.05) is 45.2 Å². The van der Waals surface area contributed by atoms with Crippen molar-refractivity contribution in [3.8, 4) is 0 Å². The van der Waals surface area contributed by atoms with Crippen LogP contribution in [0.3, 0.4) is 0 Å². The van der Waals surface area contributed by atoms with E-state index in [0.29, 0.717) is 0 Å². The molecular formula is C36H64N2O4SSi2. The van der Waals surface area contributed by atoms with Crippen LogP contribution in [0, 0.1) is 0 Å². The fourth-order valence-corrected chi connectivity index (χ4v) is 8.30. The van der Waals surface area contributed by atoms with E-state index in [1.165, 1.54) is 11.1 Å². The second kappa shape index (κ2) is 16.9. The van der Waals surface area contributed by atoms with Gasteiger partial charge in [0.25, 0.3) is 0 Å². The number of piperidine rings is 1. The third-order valence-electron chi connectivity index (χ3n) is 10.2. The van der Waals surface area contributed by atoms with Crippen molar-refractivity contribution in [2.45, 2.75) is 128 Å². The fraction of sp³-hybridized carbons (Fsp3) is 0.667. The van der Waals surface area contributed by atoms with E-state index >= 15 is 0 Å². The van der Waals surface area contributed by atoms with Crippen LogP contribution < -0.4 is 0 Å². The summed E-state index contributed by atoms with van der Waals surface area (Å²) >= 11 is 0. The highest BCUT2D eigenvalue weighted by molar-refractivity contribution is 7.59. The second-order valence-corrected chi connectivity index (χ2v) is 25.6. The van der Waals surface area contributed by atoms with Crippen LogP contribution in [0.4, 0.5) is 0 Å². The van der Waals surface area contributed by atoms with E-state index in [2.05, 4.69) is 126 Å². The van der Waals surface area contributed by atoms with Gasteiger partial charge in [-0.05, 0) is 53.8 Å². The highest BCUT2D eigenvalue weighted by atomic mass is 32.1. The molecule has 2 aromatic carbocycles. The number of likely N-dealkylation sites (tertiary alicyclic amines) is 2. The molecule has 45 heavy (non-hydrogen) atoms. The molecule has 2 aliphatic heterocycles. The largest absolute Gasteiger partial charge is 0.413 e. The summed E-state index contributed by atoms with van der Waals surface area (Å²) < 4.78 is 13.1. The summed E-state index contributed by atoms with van der Waals surface area (Å²) in [4.78, 5) is 4.69. The topological polar surface area (TPSA) is 65.4 Å². The molecule has 4 rings (SSSR count). The molecule has 0 saturated carbocycles. The number of aliphatic hydroxyl groups is 2. The van der Waals surface area contributed by atoms with Gasteiger partial charge in [-0.25, -0.2) is 0 Å². The Labute approximate surface area is 284 Å². The Balaban J connectivity index is 0.000000307. The van der Waals surface area contributed by atoms with Crippen molar-refractivity contribution in [2.24, 2.45) is 0 Å². The van der Waals surface area contributed by atoms with Crippen LogP contribution in [-0.2, 0) is 21.9 Å². The number of nitrogens with zero attached hydrogens (tertiary/aromatic N) is 2. The SMILES string of the molecule is CC(C)(C)[Si](C)(C)O[C@@H]1C[C@@H](CO)N(Cc2ccccc2)C1.CC(C)(C)[Si](C)(C)O[C@@H]1C[C@@H](O)CN(Cc2ccccc2)C1.S. The van der Waals surface area contributed by atoms with Crippen molar-refractivity contribution < 1.29 is 19.1 Å². The van der Waals surface area contributed by atoms with Crippen LogP contribution in [0.25, 0.3) is 0 Å². The van der Waals surface area contributed by atoms with E-state index in [1.54, 1.807) is 0 Å². The maximum absolute atomic E-state index is 10.2. The van der Waals surface area contributed by atoms with E-state index in [-0.39, 0.29) is 54.5 Å². The fourth-order valence-electron chi connectivity index (χ4n) is 5.58. The van der Waals surface area contributed by atoms with Crippen molar-refractivity contribution in [3.63, 3.8) is 0 Å². The Bertz CT molecular complexity index is 1130. The van der Waals surface area contributed by atoms with Gasteiger partial charge in [0.15, 0.2) is 16.6 Å². The van der Waals surface area contributed by atoms with Gasteiger partial charge in [-0.2, -0.15) is 13.5 Å². The summed E-state index contributed by atoms with van der Waals surface area (Å²) in [6.07, 6.45) is 1.82. The molecule has 2 fully saturated rings. The van der Waals surface area contributed by atoms with Gasteiger partial charge < -0.3 is 19.1 Å². The normalized spacial score (nSPS) is 23.6. The second-order valence-electron chi connectivity index (χ2n) is 16.1. The molecule has 2 aromatic rings. The average Bonchev–Trinajstić information content (AvgIpc) is 3.28. The molecule has 0 spiro atoms. The van der Waals surface area contributed by atoms with E-state index in [0.717, 1.165) is 45.6 Å². The third kappa shape index (κ3) is 12.2. The third-order valence-corrected chi connectivity index (χ3v) is 19.2. The number of β-amino-alcohol motifs (C(OH)–C–C–N with tert-alkyl or cyclic N) is 1. The van der Waals surface area contributed by atoms with Gasteiger partial charge in [-0.3, -0.25) is 9.80 Å². The highest BCUT2D eigenvalue weighted by Gasteiger charge is 2.43. The summed E-state index contributed by atoms with van der Waals surface area (Å²) in [5.74, 6) is 0.